The van der Waals surface area contributed by atoms with Gasteiger partial charge in [-0.2, -0.15) is 13.2 Å². The molecule has 6 nitrogen and oxygen atoms in total. The summed E-state index contributed by atoms with van der Waals surface area (Å²) in [5.41, 5.74) is -0.582. The minimum absolute atomic E-state index is 0.106. The average molecular weight is 418 g/mol. The molecule has 2 aromatic heterocycles. The maximum absolute atomic E-state index is 12.9. The van der Waals surface area contributed by atoms with Crippen molar-refractivity contribution < 1.29 is 23.0 Å². The summed E-state index contributed by atoms with van der Waals surface area (Å²) in [6, 6.07) is 4.63. The van der Waals surface area contributed by atoms with E-state index in [-0.39, 0.29) is 22.7 Å². The smallest absolute Gasteiger partial charge is 0.416 e. The molecule has 0 saturated carbocycles. The van der Waals surface area contributed by atoms with E-state index in [1.54, 1.807) is 18.5 Å². The van der Waals surface area contributed by atoms with Gasteiger partial charge in [-0.05, 0) is 30.7 Å². The van der Waals surface area contributed by atoms with Crippen molar-refractivity contribution in [3.8, 4) is 17.0 Å². The zero-order chi connectivity index (χ0) is 21.5. The van der Waals surface area contributed by atoms with Crippen molar-refractivity contribution in [2.24, 2.45) is 5.41 Å². The van der Waals surface area contributed by atoms with Crippen LogP contribution in [-0.4, -0.2) is 39.5 Å². The van der Waals surface area contributed by atoms with E-state index in [9.17, 15) is 18.3 Å². The number of fused-ring (bicyclic) bond motifs is 1. The Morgan fingerprint density at radius 2 is 1.97 bits per heavy atom. The lowest BCUT2D eigenvalue weighted by Crippen LogP contribution is -2.44. The second kappa shape index (κ2) is 7.39. The molecule has 3 heterocycles. The quantitative estimate of drug-likeness (QED) is 0.645. The molecule has 1 saturated heterocycles. The first-order valence-corrected chi connectivity index (χ1v) is 9.52. The van der Waals surface area contributed by atoms with Crippen LogP contribution in [0.5, 0.6) is 5.75 Å². The molecule has 9 heteroatoms. The van der Waals surface area contributed by atoms with E-state index < -0.39 is 17.5 Å². The van der Waals surface area contributed by atoms with Gasteiger partial charge in [-0.3, -0.25) is 4.98 Å². The Balaban J connectivity index is 1.77. The van der Waals surface area contributed by atoms with Gasteiger partial charge in [0, 0.05) is 46.8 Å². The molecule has 1 atom stereocenters. The molecule has 4 rings (SSSR count). The molecule has 0 bridgehead atoms. The Morgan fingerprint density at radius 1 is 1.17 bits per heavy atom. The van der Waals surface area contributed by atoms with E-state index in [4.69, 9.17) is 4.74 Å². The number of pyridine rings is 1. The molecule has 1 fully saturated rings. The third-order valence-corrected chi connectivity index (χ3v) is 5.44. The predicted octanol–water partition coefficient (Wildman–Crippen LogP) is 4.64. The number of hydrogen-bond donors (Lipinski definition) is 2. The molecule has 2 N–H and O–H groups in total. The molecule has 1 aliphatic heterocycles. The summed E-state index contributed by atoms with van der Waals surface area (Å²) in [4.78, 5) is 4.16. The van der Waals surface area contributed by atoms with Crippen LogP contribution in [0, 0.1) is 5.41 Å². The molecule has 30 heavy (non-hydrogen) atoms. The minimum Gasteiger partial charge on any atom is -0.507 e. The topological polar surface area (TPSA) is 80.2 Å². The van der Waals surface area contributed by atoms with Gasteiger partial charge in [-0.15, -0.1) is 10.2 Å². The number of halogens is 3. The number of alkyl halides is 3. The number of phenols is 1. The largest absolute Gasteiger partial charge is 0.507 e. The van der Waals surface area contributed by atoms with E-state index >= 15 is 0 Å². The lowest BCUT2D eigenvalue weighted by molar-refractivity contribution is -0.137. The van der Waals surface area contributed by atoms with Crippen LogP contribution >= 0.6 is 0 Å². The van der Waals surface area contributed by atoms with Crippen molar-refractivity contribution in [1.29, 1.82) is 0 Å². The van der Waals surface area contributed by atoms with Gasteiger partial charge in [0.25, 0.3) is 0 Å². The van der Waals surface area contributed by atoms with Crippen LogP contribution in [0.1, 0.15) is 25.8 Å². The number of nitrogens with zero attached hydrogens (tertiary/aromatic N) is 3. The van der Waals surface area contributed by atoms with Crippen LogP contribution < -0.4 is 5.32 Å². The van der Waals surface area contributed by atoms with Gasteiger partial charge in [0.15, 0.2) is 5.82 Å². The molecule has 0 unspecified atom stereocenters. The summed E-state index contributed by atoms with van der Waals surface area (Å²) in [6.07, 6.45) is -0.546. The van der Waals surface area contributed by atoms with Crippen LogP contribution in [0.3, 0.4) is 0 Å². The summed E-state index contributed by atoms with van der Waals surface area (Å²) in [6.45, 7) is 5.46. The van der Waals surface area contributed by atoms with Gasteiger partial charge in [-0.25, -0.2) is 0 Å². The zero-order valence-electron chi connectivity index (χ0n) is 16.5. The fourth-order valence-electron chi connectivity index (χ4n) is 3.67. The van der Waals surface area contributed by atoms with E-state index in [0.29, 0.717) is 35.9 Å². The standard InChI is InChI=1S/C21H21F3N4O2/c1-20(2)11-30-8-6-17(20)26-19-15-10-25-7-5-13(15)18(27-28-19)14-4-3-12(9-16(14)29)21(22,23)24/h3-5,7,9-10,17,29H,6,8,11H2,1-2H3,(H,26,28)/t17-/m0/s1. The second-order valence-corrected chi connectivity index (χ2v) is 8.07. The van der Waals surface area contributed by atoms with Crippen molar-refractivity contribution in [2.75, 3.05) is 18.5 Å². The van der Waals surface area contributed by atoms with Crippen molar-refractivity contribution in [1.82, 2.24) is 15.2 Å². The Bertz CT molecular complexity index is 1090. The third-order valence-electron chi connectivity index (χ3n) is 5.44. The Hall–Kier alpha value is -2.94. The Labute approximate surface area is 171 Å². The molecule has 1 aliphatic rings. The molecule has 0 amide bonds. The van der Waals surface area contributed by atoms with Gasteiger partial charge >= 0.3 is 6.18 Å². The Kier molecular flexibility index (Phi) is 5.01. The maximum atomic E-state index is 12.9. The number of hydrogen-bond acceptors (Lipinski definition) is 6. The van der Waals surface area contributed by atoms with Gasteiger partial charge in [0.05, 0.1) is 12.2 Å². The van der Waals surface area contributed by atoms with Crippen molar-refractivity contribution in [3.63, 3.8) is 0 Å². The summed E-state index contributed by atoms with van der Waals surface area (Å²) >= 11 is 0. The molecule has 3 aromatic rings. The van der Waals surface area contributed by atoms with Crippen molar-refractivity contribution >= 4 is 16.6 Å². The number of aromatic hydroxyl groups is 1. The first kappa shape index (κ1) is 20.3. The maximum Gasteiger partial charge on any atom is 0.416 e. The molecule has 0 aliphatic carbocycles. The second-order valence-electron chi connectivity index (χ2n) is 8.07. The summed E-state index contributed by atoms with van der Waals surface area (Å²) < 4.78 is 44.4. The van der Waals surface area contributed by atoms with Gasteiger partial charge in [0.2, 0.25) is 0 Å². The van der Waals surface area contributed by atoms with Crippen molar-refractivity contribution in [2.45, 2.75) is 32.5 Å². The average Bonchev–Trinajstić information content (AvgIpc) is 2.69. The first-order valence-electron chi connectivity index (χ1n) is 9.52. The highest BCUT2D eigenvalue weighted by atomic mass is 19.4. The van der Waals surface area contributed by atoms with Crippen LogP contribution in [-0.2, 0) is 10.9 Å². The summed E-state index contributed by atoms with van der Waals surface area (Å²) in [5.74, 6) is 0.0248. The highest BCUT2D eigenvalue weighted by molar-refractivity contribution is 6.00. The number of nitrogens with one attached hydrogen (secondary N) is 1. The van der Waals surface area contributed by atoms with Crippen LogP contribution in [0.25, 0.3) is 22.0 Å². The predicted molar refractivity (Wildman–Crippen MR) is 106 cm³/mol. The van der Waals surface area contributed by atoms with Crippen molar-refractivity contribution in [3.05, 3.63) is 42.2 Å². The number of ether oxygens (including phenoxy) is 1. The van der Waals surface area contributed by atoms with Gasteiger partial charge in [0.1, 0.15) is 11.4 Å². The van der Waals surface area contributed by atoms with Crippen LogP contribution in [0.2, 0.25) is 0 Å². The number of rotatable bonds is 3. The monoisotopic (exact) mass is 418 g/mol. The SMILES string of the molecule is CC1(C)COCC[C@@H]1Nc1nnc(-c2ccc(C(F)(F)F)cc2O)c2ccncc12. The number of aromatic nitrogens is 3. The molecule has 1 aromatic carbocycles. The highest BCUT2D eigenvalue weighted by Crippen LogP contribution is 2.39. The van der Waals surface area contributed by atoms with Crippen LogP contribution in [0.15, 0.2) is 36.7 Å². The molecule has 0 spiro atoms. The van der Waals surface area contributed by atoms with E-state index in [0.717, 1.165) is 12.5 Å². The fourth-order valence-corrected chi connectivity index (χ4v) is 3.67. The highest BCUT2D eigenvalue weighted by Gasteiger charge is 2.34. The van der Waals surface area contributed by atoms with E-state index in [1.165, 1.54) is 6.07 Å². The summed E-state index contributed by atoms with van der Waals surface area (Å²) in [7, 11) is 0. The molecule has 158 valence electrons. The van der Waals surface area contributed by atoms with Gasteiger partial charge < -0.3 is 15.2 Å². The van der Waals surface area contributed by atoms with E-state index in [2.05, 4.69) is 34.3 Å². The number of benzene rings is 1. The number of anilines is 1. The first-order chi connectivity index (χ1) is 14.2. The summed E-state index contributed by atoms with van der Waals surface area (Å²) in [5, 5.41) is 23.5. The minimum atomic E-state index is -4.54. The normalized spacial score (nSPS) is 19.0. The molecule has 0 radical (unpaired) electrons. The molecular formula is C21H21F3N4O2. The Morgan fingerprint density at radius 3 is 2.67 bits per heavy atom. The fraction of sp³-hybridized carbons (Fsp3) is 0.381. The number of phenolic OH excluding ortho intramolecular Hbond substituents is 1. The zero-order valence-corrected chi connectivity index (χ0v) is 16.5. The lowest BCUT2D eigenvalue weighted by atomic mass is 9.82. The van der Waals surface area contributed by atoms with E-state index in [1.807, 2.05) is 0 Å². The third kappa shape index (κ3) is 3.77. The molecular weight excluding hydrogens is 397 g/mol. The lowest BCUT2D eigenvalue weighted by Gasteiger charge is -2.39. The van der Waals surface area contributed by atoms with Gasteiger partial charge in [-0.1, -0.05) is 13.8 Å². The van der Waals surface area contributed by atoms with Crippen LogP contribution in [0.4, 0.5) is 19.0 Å².